The van der Waals surface area contributed by atoms with Crippen molar-refractivity contribution >= 4 is 39.5 Å². The van der Waals surface area contributed by atoms with E-state index in [0.29, 0.717) is 11.3 Å². The maximum atomic E-state index is 13.1. The summed E-state index contributed by atoms with van der Waals surface area (Å²) >= 11 is 1.55. The van der Waals surface area contributed by atoms with Crippen LogP contribution in [0.4, 0.5) is 11.4 Å². The first-order valence-corrected chi connectivity index (χ1v) is 9.82. The van der Waals surface area contributed by atoms with Crippen molar-refractivity contribution in [2.75, 3.05) is 5.32 Å². The van der Waals surface area contributed by atoms with Crippen LogP contribution in [0, 0.1) is 24.0 Å². The SMILES string of the molecule is Cc1cc(C)c2nc(-c3cccs3)cc(C(=O)Nc3cccc([N+](=O)[O-])c3)c2c1. The zero-order valence-electron chi connectivity index (χ0n) is 15.8. The molecule has 0 saturated carbocycles. The molecule has 7 heteroatoms. The second kappa shape index (κ2) is 7.44. The van der Waals surface area contributed by atoms with E-state index in [1.165, 1.54) is 12.1 Å². The summed E-state index contributed by atoms with van der Waals surface area (Å²) in [7, 11) is 0. The summed E-state index contributed by atoms with van der Waals surface area (Å²) in [4.78, 5) is 29.4. The highest BCUT2D eigenvalue weighted by Gasteiger charge is 2.17. The molecule has 0 fully saturated rings. The van der Waals surface area contributed by atoms with Crippen molar-refractivity contribution < 1.29 is 9.72 Å². The van der Waals surface area contributed by atoms with E-state index in [-0.39, 0.29) is 11.6 Å². The molecule has 4 aromatic rings. The fourth-order valence-electron chi connectivity index (χ4n) is 3.31. The molecule has 1 N–H and O–H groups in total. The van der Waals surface area contributed by atoms with Crippen LogP contribution >= 0.6 is 11.3 Å². The largest absolute Gasteiger partial charge is 0.322 e. The first-order chi connectivity index (χ1) is 13.9. The monoisotopic (exact) mass is 403 g/mol. The number of fused-ring (bicyclic) bond motifs is 1. The van der Waals surface area contributed by atoms with E-state index in [4.69, 9.17) is 4.98 Å². The Labute approximate surface area is 171 Å². The number of aryl methyl sites for hydroxylation is 2. The number of thiophene rings is 1. The first kappa shape index (κ1) is 18.8. The van der Waals surface area contributed by atoms with Crippen LogP contribution in [-0.4, -0.2) is 15.8 Å². The van der Waals surface area contributed by atoms with Gasteiger partial charge in [-0.1, -0.05) is 23.8 Å². The lowest BCUT2D eigenvalue weighted by molar-refractivity contribution is -0.384. The van der Waals surface area contributed by atoms with Gasteiger partial charge in [0.2, 0.25) is 0 Å². The summed E-state index contributed by atoms with van der Waals surface area (Å²) in [5.74, 6) is -0.333. The summed E-state index contributed by atoms with van der Waals surface area (Å²) in [5, 5.41) is 16.5. The number of benzene rings is 2. The van der Waals surface area contributed by atoms with Crippen LogP contribution < -0.4 is 5.32 Å². The normalized spacial score (nSPS) is 10.8. The molecule has 0 bridgehead atoms. The topological polar surface area (TPSA) is 85.1 Å². The molecular formula is C22H17N3O3S. The average molecular weight is 403 g/mol. The van der Waals surface area contributed by atoms with Gasteiger partial charge in [-0.2, -0.15) is 0 Å². The molecule has 0 aliphatic carbocycles. The van der Waals surface area contributed by atoms with Gasteiger partial charge in [0.25, 0.3) is 11.6 Å². The fourth-order valence-corrected chi connectivity index (χ4v) is 4.00. The van der Waals surface area contributed by atoms with Gasteiger partial charge < -0.3 is 5.32 Å². The molecule has 0 radical (unpaired) electrons. The zero-order valence-corrected chi connectivity index (χ0v) is 16.6. The summed E-state index contributed by atoms with van der Waals surface area (Å²) < 4.78 is 0. The van der Waals surface area contributed by atoms with Gasteiger partial charge >= 0.3 is 0 Å². The minimum atomic E-state index is -0.487. The van der Waals surface area contributed by atoms with E-state index in [0.717, 1.165) is 32.6 Å². The minimum Gasteiger partial charge on any atom is -0.322 e. The van der Waals surface area contributed by atoms with Gasteiger partial charge in [-0.05, 0) is 49.1 Å². The Balaban J connectivity index is 1.84. The summed E-state index contributed by atoms with van der Waals surface area (Å²) in [5.41, 5.74) is 4.29. The van der Waals surface area contributed by atoms with E-state index in [2.05, 4.69) is 5.32 Å². The van der Waals surface area contributed by atoms with Crippen LogP contribution in [0.5, 0.6) is 0 Å². The van der Waals surface area contributed by atoms with E-state index < -0.39 is 4.92 Å². The molecule has 144 valence electrons. The molecule has 6 nitrogen and oxygen atoms in total. The number of nitrogens with zero attached hydrogens (tertiary/aromatic N) is 2. The predicted molar refractivity (Wildman–Crippen MR) is 116 cm³/mol. The summed E-state index contributed by atoms with van der Waals surface area (Å²) in [6.07, 6.45) is 0. The van der Waals surface area contributed by atoms with Crippen molar-refractivity contribution in [3.05, 3.63) is 86.8 Å². The number of nitro groups is 1. The molecule has 0 atom stereocenters. The van der Waals surface area contributed by atoms with Gasteiger partial charge in [-0.15, -0.1) is 11.3 Å². The van der Waals surface area contributed by atoms with Crippen LogP contribution in [0.25, 0.3) is 21.5 Å². The number of nitro benzene ring substituents is 1. The number of hydrogen-bond acceptors (Lipinski definition) is 5. The second-order valence-corrected chi connectivity index (χ2v) is 7.72. The van der Waals surface area contributed by atoms with Gasteiger partial charge in [-0.3, -0.25) is 14.9 Å². The van der Waals surface area contributed by atoms with Crippen molar-refractivity contribution in [2.45, 2.75) is 13.8 Å². The highest BCUT2D eigenvalue weighted by atomic mass is 32.1. The lowest BCUT2D eigenvalue weighted by atomic mass is 10.0. The van der Waals surface area contributed by atoms with E-state index in [1.807, 2.05) is 43.5 Å². The Morgan fingerprint density at radius 1 is 1.10 bits per heavy atom. The third-order valence-corrected chi connectivity index (χ3v) is 5.47. The number of nitrogens with one attached hydrogen (secondary N) is 1. The average Bonchev–Trinajstić information content (AvgIpc) is 3.22. The van der Waals surface area contributed by atoms with Crippen molar-refractivity contribution in [1.82, 2.24) is 4.98 Å². The smallest absolute Gasteiger partial charge is 0.271 e. The lowest BCUT2D eigenvalue weighted by Crippen LogP contribution is -2.13. The summed E-state index contributed by atoms with van der Waals surface area (Å²) in [6.45, 7) is 3.95. The molecule has 0 saturated heterocycles. The molecule has 2 aromatic carbocycles. The Bertz CT molecular complexity index is 1250. The number of amides is 1. The molecule has 1 amide bonds. The van der Waals surface area contributed by atoms with Gasteiger partial charge in [0.15, 0.2) is 0 Å². The van der Waals surface area contributed by atoms with Crippen molar-refractivity contribution in [1.29, 1.82) is 0 Å². The van der Waals surface area contributed by atoms with Gasteiger partial charge in [-0.25, -0.2) is 4.98 Å². The predicted octanol–water partition coefficient (Wildman–Crippen LogP) is 5.74. The molecule has 0 aliphatic heterocycles. The summed E-state index contributed by atoms with van der Waals surface area (Å²) in [6, 6.07) is 15.6. The highest BCUT2D eigenvalue weighted by molar-refractivity contribution is 7.13. The molecule has 2 heterocycles. The Morgan fingerprint density at radius 2 is 1.93 bits per heavy atom. The Hall–Kier alpha value is -3.58. The molecule has 29 heavy (non-hydrogen) atoms. The second-order valence-electron chi connectivity index (χ2n) is 6.77. The van der Waals surface area contributed by atoms with Crippen LogP contribution in [0.3, 0.4) is 0 Å². The number of aromatic nitrogens is 1. The van der Waals surface area contributed by atoms with Gasteiger partial charge in [0.1, 0.15) is 0 Å². The highest BCUT2D eigenvalue weighted by Crippen LogP contribution is 2.30. The maximum Gasteiger partial charge on any atom is 0.271 e. The molecule has 0 aliphatic rings. The van der Waals surface area contributed by atoms with Gasteiger partial charge in [0.05, 0.1) is 26.6 Å². The molecule has 0 spiro atoms. The third-order valence-electron chi connectivity index (χ3n) is 4.58. The van der Waals surface area contributed by atoms with Crippen LogP contribution in [-0.2, 0) is 0 Å². The van der Waals surface area contributed by atoms with Crippen molar-refractivity contribution in [3.63, 3.8) is 0 Å². The Kier molecular flexibility index (Phi) is 4.82. The quantitative estimate of drug-likeness (QED) is 0.348. The number of anilines is 1. The van der Waals surface area contributed by atoms with E-state index >= 15 is 0 Å². The molecule has 2 aromatic heterocycles. The number of rotatable bonds is 4. The van der Waals surface area contributed by atoms with Crippen molar-refractivity contribution in [3.8, 4) is 10.6 Å². The third kappa shape index (κ3) is 3.72. The molecule has 4 rings (SSSR count). The molecular weight excluding hydrogens is 386 g/mol. The fraction of sp³-hybridized carbons (Fsp3) is 0.0909. The lowest BCUT2D eigenvalue weighted by Gasteiger charge is -2.12. The minimum absolute atomic E-state index is 0.0756. The number of hydrogen-bond donors (Lipinski definition) is 1. The van der Waals surface area contributed by atoms with E-state index in [9.17, 15) is 14.9 Å². The van der Waals surface area contributed by atoms with Gasteiger partial charge in [0, 0.05) is 23.2 Å². The van der Waals surface area contributed by atoms with Crippen LogP contribution in [0.2, 0.25) is 0 Å². The maximum absolute atomic E-state index is 13.1. The number of carbonyl (C=O) groups is 1. The van der Waals surface area contributed by atoms with E-state index in [1.54, 1.807) is 29.5 Å². The number of carbonyl (C=O) groups excluding carboxylic acids is 1. The number of pyridine rings is 1. The zero-order chi connectivity index (χ0) is 20.5. The first-order valence-electron chi connectivity index (χ1n) is 8.94. The molecule has 0 unspecified atom stereocenters. The van der Waals surface area contributed by atoms with Crippen LogP contribution in [0.15, 0.2) is 60.0 Å². The Morgan fingerprint density at radius 3 is 2.66 bits per heavy atom. The van der Waals surface area contributed by atoms with Crippen molar-refractivity contribution in [2.24, 2.45) is 0 Å². The van der Waals surface area contributed by atoms with Crippen LogP contribution in [0.1, 0.15) is 21.5 Å². The number of non-ortho nitro benzene ring substituents is 1. The standard InChI is InChI=1S/C22H17N3O3S/c1-13-9-14(2)21-17(10-13)18(12-19(24-21)20-7-4-8-29-20)22(26)23-15-5-3-6-16(11-15)25(27)28/h3-12H,1-2H3,(H,23,26).